The maximum atomic E-state index is 12.0. The topological polar surface area (TPSA) is 112 Å². The summed E-state index contributed by atoms with van der Waals surface area (Å²) >= 11 is 1.17. The molecule has 1 saturated heterocycles. The quantitative estimate of drug-likeness (QED) is 0.706. The SMILES string of the molecule is O=C(O)c1csc(CNC(=O)N2CCOCC2CO)n1. The Morgan fingerprint density at radius 3 is 3.05 bits per heavy atom. The van der Waals surface area contributed by atoms with Crippen LogP contribution in [0.25, 0.3) is 0 Å². The molecule has 1 aliphatic heterocycles. The van der Waals surface area contributed by atoms with Crippen molar-refractivity contribution in [3.05, 3.63) is 16.1 Å². The number of aliphatic hydroxyl groups is 1. The minimum Gasteiger partial charge on any atom is -0.476 e. The fourth-order valence-corrected chi connectivity index (χ4v) is 2.52. The molecule has 0 aliphatic carbocycles. The predicted octanol–water partition coefficient (Wildman–Crippen LogP) is -0.256. The van der Waals surface area contributed by atoms with Crippen LogP contribution >= 0.6 is 11.3 Å². The van der Waals surface area contributed by atoms with Crippen molar-refractivity contribution in [2.75, 3.05) is 26.4 Å². The number of rotatable bonds is 4. The minimum absolute atomic E-state index is 0.0288. The van der Waals surface area contributed by atoms with Crippen LogP contribution in [0.1, 0.15) is 15.5 Å². The summed E-state index contributed by atoms with van der Waals surface area (Å²) in [6, 6.07) is -0.672. The number of nitrogens with one attached hydrogen (secondary N) is 1. The maximum absolute atomic E-state index is 12.0. The number of carbonyl (C=O) groups is 2. The van der Waals surface area contributed by atoms with Crippen molar-refractivity contribution >= 4 is 23.3 Å². The van der Waals surface area contributed by atoms with Crippen LogP contribution in [0.5, 0.6) is 0 Å². The summed E-state index contributed by atoms with van der Waals surface area (Å²) in [5, 5.41) is 22.5. The molecule has 1 atom stereocenters. The molecule has 8 nitrogen and oxygen atoms in total. The monoisotopic (exact) mass is 301 g/mol. The van der Waals surface area contributed by atoms with Crippen LogP contribution in [0.3, 0.4) is 0 Å². The van der Waals surface area contributed by atoms with Crippen LogP contribution < -0.4 is 5.32 Å². The molecule has 1 unspecified atom stereocenters. The number of aromatic nitrogens is 1. The minimum atomic E-state index is -1.09. The predicted molar refractivity (Wildman–Crippen MR) is 69.7 cm³/mol. The standard InChI is InChI=1S/C11H15N3O5S/c15-4-7-5-19-2-1-14(7)11(18)12-3-9-13-8(6-20-9)10(16)17/h6-7,15H,1-5H2,(H,12,18)(H,16,17). The van der Waals surface area contributed by atoms with Crippen LogP contribution in [-0.2, 0) is 11.3 Å². The van der Waals surface area contributed by atoms with Gasteiger partial charge in [0.25, 0.3) is 0 Å². The fourth-order valence-electron chi connectivity index (χ4n) is 1.82. The maximum Gasteiger partial charge on any atom is 0.355 e. The average Bonchev–Trinajstić information content (AvgIpc) is 2.94. The van der Waals surface area contributed by atoms with Crippen molar-refractivity contribution in [1.29, 1.82) is 0 Å². The highest BCUT2D eigenvalue weighted by atomic mass is 32.1. The van der Waals surface area contributed by atoms with E-state index in [2.05, 4.69) is 10.3 Å². The Hall–Kier alpha value is -1.71. The number of nitrogens with zero attached hydrogens (tertiary/aromatic N) is 2. The molecule has 1 fully saturated rings. The number of hydrogen-bond acceptors (Lipinski definition) is 6. The zero-order chi connectivity index (χ0) is 14.5. The van der Waals surface area contributed by atoms with Gasteiger partial charge < -0.3 is 25.2 Å². The molecule has 0 aromatic carbocycles. The third kappa shape index (κ3) is 3.44. The van der Waals surface area contributed by atoms with Gasteiger partial charge in [0.2, 0.25) is 0 Å². The molecule has 110 valence electrons. The second kappa shape index (κ2) is 6.64. The second-order valence-corrected chi connectivity index (χ2v) is 5.14. The van der Waals surface area contributed by atoms with E-state index in [9.17, 15) is 14.7 Å². The first-order valence-corrected chi connectivity index (χ1v) is 6.90. The van der Waals surface area contributed by atoms with E-state index in [1.807, 2.05) is 0 Å². The molecule has 2 amide bonds. The third-order valence-corrected chi connectivity index (χ3v) is 3.71. The van der Waals surface area contributed by atoms with Gasteiger partial charge in [0, 0.05) is 11.9 Å². The van der Waals surface area contributed by atoms with E-state index in [1.54, 1.807) is 0 Å². The molecule has 0 saturated carbocycles. The van der Waals surface area contributed by atoms with Gasteiger partial charge in [0.05, 0.1) is 32.4 Å². The summed E-state index contributed by atoms with van der Waals surface area (Å²) in [7, 11) is 0. The van der Waals surface area contributed by atoms with E-state index in [1.165, 1.54) is 21.6 Å². The molecule has 1 aromatic heterocycles. The zero-order valence-electron chi connectivity index (χ0n) is 10.6. The Kier molecular flexibility index (Phi) is 4.88. The van der Waals surface area contributed by atoms with E-state index in [0.29, 0.717) is 24.8 Å². The highest BCUT2D eigenvalue weighted by Crippen LogP contribution is 2.11. The largest absolute Gasteiger partial charge is 0.476 e. The summed E-state index contributed by atoms with van der Waals surface area (Å²) in [5.74, 6) is -1.09. The number of urea groups is 1. The smallest absolute Gasteiger partial charge is 0.355 e. The van der Waals surface area contributed by atoms with Gasteiger partial charge in [-0.25, -0.2) is 14.6 Å². The normalized spacial score (nSPS) is 18.9. The number of ether oxygens (including phenoxy) is 1. The van der Waals surface area contributed by atoms with Gasteiger partial charge in [0.1, 0.15) is 5.01 Å². The van der Waals surface area contributed by atoms with Crippen LogP contribution in [-0.4, -0.2) is 64.5 Å². The van der Waals surface area contributed by atoms with Crippen LogP contribution in [0, 0.1) is 0 Å². The molecule has 1 aromatic rings. The summed E-state index contributed by atoms with van der Waals surface area (Å²) in [4.78, 5) is 28.1. The van der Waals surface area contributed by atoms with Crippen LogP contribution in [0.2, 0.25) is 0 Å². The number of aromatic carboxylic acids is 1. The summed E-state index contributed by atoms with van der Waals surface area (Å²) in [6.45, 7) is 1.16. The Bertz CT molecular complexity index is 492. The molecule has 2 heterocycles. The number of carboxylic acids is 1. The van der Waals surface area contributed by atoms with Crippen molar-refractivity contribution in [3.63, 3.8) is 0 Å². The lowest BCUT2D eigenvalue weighted by Gasteiger charge is -2.34. The molecule has 0 radical (unpaired) electrons. The lowest BCUT2D eigenvalue weighted by molar-refractivity contribution is -0.00766. The first kappa shape index (κ1) is 14.7. The first-order chi connectivity index (χ1) is 9.61. The van der Waals surface area contributed by atoms with E-state index in [0.717, 1.165) is 0 Å². The van der Waals surface area contributed by atoms with E-state index in [4.69, 9.17) is 9.84 Å². The highest BCUT2D eigenvalue weighted by Gasteiger charge is 2.26. The van der Waals surface area contributed by atoms with Crippen molar-refractivity contribution in [3.8, 4) is 0 Å². The third-order valence-electron chi connectivity index (χ3n) is 2.86. The van der Waals surface area contributed by atoms with Crippen molar-refractivity contribution < 1.29 is 24.5 Å². The number of thiazole rings is 1. The van der Waals surface area contributed by atoms with Gasteiger partial charge in [-0.3, -0.25) is 0 Å². The molecule has 0 spiro atoms. The number of hydrogen-bond donors (Lipinski definition) is 3. The molecule has 20 heavy (non-hydrogen) atoms. The first-order valence-electron chi connectivity index (χ1n) is 6.02. The highest BCUT2D eigenvalue weighted by molar-refractivity contribution is 7.09. The molecule has 9 heteroatoms. The second-order valence-electron chi connectivity index (χ2n) is 4.20. The van der Waals surface area contributed by atoms with E-state index < -0.39 is 5.97 Å². The van der Waals surface area contributed by atoms with Crippen molar-refractivity contribution in [2.45, 2.75) is 12.6 Å². The average molecular weight is 301 g/mol. The van der Waals surface area contributed by atoms with Crippen LogP contribution in [0.4, 0.5) is 4.79 Å². The summed E-state index contributed by atoms with van der Waals surface area (Å²) in [5.41, 5.74) is -0.0288. The lowest BCUT2D eigenvalue weighted by Crippen LogP contribution is -2.53. The van der Waals surface area contributed by atoms with E-state index in [-0.39, 0.29) is 30.9 Å². The summed E-state index contributed by atoms with van der Waals surface area (Å²) < 4.78 is 5.19. The molecular formula is C11H15N3O5S. The van der Waals surface area contributed by atoms with Crippen molar-refractivity contribution in [1.82, 2.24) is 15.2 Å². The number of morpholine rings is 1. The Morgan fingerprint density at radius 2 is 2.40 bits per heavy atom. The van der Waals surface area contributed by atoms with Crippen LogP contribution in [0.15, 0.2) is 5.38 Å². The van der Waals surface area contributed by atoms with Gasteiger partial charge in [-0.1, -0.05) is 0 Å². The molecule has 2 rings (SSSR count). The molecule has 0 bridgehead atoms. The van der Waals surface area contributed by atoms with Gasteiger partial charge in [0.15, 0.2) is 5.69 Å². The number of aliphatic hydroxyl groups excluding tert-OH is 1. The Balaban J connectivity index is 1.88. The Labute approximate surface area is 119 Å². The van der Waals surface area contributed by atoms with Gasteiger partial charge in [-0.05, 0) is 0 Å². The fraction of sp³-hybridized carbons (Fsp3) is 0.545. The van der Waals surface area contributed by atoms with E-state index >= 15 is 0 Å². The molecular weight excluding hydrogens is 286 g/mol. The molecule has 1 aliphatic rings. The van der Waals surface area contributed by atoms with Gasteiger partial charge in [-0.15, -0.1) is 11.3 Å². The van der Waals surface area contributed by atoms with Gasteiger partial charge in [-0.2, -0.15) is 0 Å². The van der Waals surface area contributed by atoms with Crippen molar-refractivity contribution in [2.24, 2.45) is 0 Å². The Morgan fingerprint density at radius 1 is 1.60 bits per heavy atom. The number of carboxylic acid groups (broad SMARTS) is 1. The van der Waals surface area contributed by atoms with Gasteiger partial charge >= 0.3 is 12.0 Å². The number of carbonyl (C=O) groups excluding carboxylic acids is 1. The zero-order valence-corrected chi connectivity index (χ0v) is 11.4. The summed E-state index contributed by atoms with van der Waals surface area (Å²) in [6.07, 6.45) is 0. The lowest BCUT2D eigenvalue weighted by atomic mass is 10.2. The number of amides is 2. The molecule has 3 N–H and O–H groups in total.